The third-order valence-corrected chi connectivity index (χ3v) is 4.14. The number of carbonyl (C=O) groups is 1. The fourth-order valence-corrected chi connectivity index (χ4v) is 3.15. The van der Waals surface area contributed by atoms with Crippen LogP contribution < -0.4 is 9.47 Å². The van der Waals surface area contributed by atoms with Crippen molar-refractivity contribution in [3.63, 3.8) is 0 Å². The predicted molar refractivity (Wildman–Crippen MR) is 74.3 cm³/mol. The molecule has 1 aromatic rings. The van der Waals surface area contributed by atoms with Crippen molar-refractivity contribution in [1.82, 2.24) is 0 Å². The smallest absolute Gasteiger partial charge is 0.250 e. The summed E-state index contributed by atoms with van der Waals surface area (Å²) in [6, 6.07) is 1.75. The van der Waals surface area contributed by atoms with Gasteiger partial charge in [0.1, 0.15) is 23.0 Å². The standard InChI is InChI=1S/C16H14O5/c1-19-11-7-12-14(10-4-5-20-16(10)21-12)15(18)13(11)8-2-3-9(17)6-8/h2,4-5,7,10,16,18H,3,6H2,1H3/t10-,16+/m0/s1. The molecule has 0 fully saturated rings. The lowest BCUT2D eigenvalue weighted by atomic mass is 9.93. The highest BCUT2D eigenvalue weighted by Crippen LogP contribution is 2.53. The van der Waals surface area contributed by atoms with Crippen LogP contribution in [0.1, 0.15) is 29.9 Å². The molecule has 0 saturated carbocycles. The Bertz CT molecular complexity index is 701. The fourth-order valence-electron chi connectivity index (χ4n) is 3.15. The first-order valence-corrected chi connectivity index (χ1v) is 6.82. The number of Topliss-reactive ketones (excluding diaryl/α,β-unsaturated/α-hetero) is 1. The molecular formula is C16H14O5. The van der Waals surface area contributed by atoms with Crippen LogP contribution in [0.15, 0.2) is 24.5 Å². The zero-order valence-corrected chi connectivity index (χ0v) is 11.5. The van der Waals surface area contributed by atoms with Gasteiger partial charge in [-0.2, -0.15) is 0 Å². The van der Waals surface area contributed by atoms with Crippen LogP contribution in [0.2, 0.25) is 0 Å². The maximum Gasteiger partial charge on any atom is 0.250 e. The summed E-state index contributed by atoms with van der Waals surface area (Å²) in [7, 11) is 1.54. The van der Waals surface area contributed by atoms with Crippen molar-refractivity contribution < 1.29 is 24.1 Å². The normalized spacial score (nSPS) is 25.2. The number of aromatic hydroxyl groups is 1. The second-order valence-electron chi connectivity index (χ2n) is 5.34. The molecule has 0 aromatic heterocycles. The summed E-state index contributed by atoms with van der Waals surface area (Å²) in [4.78, 5) is 11.5. The SMILES string of the molecule is COc1cc2c(c(O)c1C1=CCC(=O)C1)[C@@H]1C=CO[C@@H]1O2. The molecule has 0 amide bonds. The molecule has 2 aliphatic heterocycles. The van der Waals surface area contributed by atoms with Crippen LogP contribution in [0.25, 0.3) is 5.57 Å². The molecule has 2 heterocycles. The van der Waals surface area contributed by atoms with E-state index >= 15 is 0 Å². The molecule has 1 N–H and O–H groups in total. The van der Waals surface area contributed by atoms with Gasteiger partial charge in [-0.3, -0.25) is 4.79 Å². The van der Waals surface area contributed by atoms with Crippen LogP contribution in [0.4, 0.5) is 0 Å². The van der Waals surface area contributed by atoms with Crippen LogP contribution in [0.3, 0.4) is 0 Å². The molecule has 0 spiro atoms. The summed E-state index contributed by atoms with van der Waals surface area (Å²) in [5.74, 6) is 1.22. The molecule has 1 aromatic carbocycles. The van der Waals surface area contributed by atoms with Gasteiger partial charge in [0.2, 0.25) is 0 Å². The van der Waals surface area contributed by atoms with Crippen molar-refractivity contribution in [2.45, 2.75) is 25.0 Å². The topological polar surface area (TPSA) is 65.0 Å². The first-order chi connectivity index (χ1) is 10.2. The summed E-state index contributed by atoms with van der Waals surface area (Å²) in [5.41, 5.74) is 2.10. The second-order valence-corrected chi connectivity index (χ2v) is 5.34. The molecule has 2 atom stereocenters. The Kier molecular flexibility index (Phi) is 2.51. The minimum Gasteiger partial charge on any atom is -0.507 e. The molecule has 0 unspecified atom stereocenters. The van der Waals surface area contributed by atoms with Gasteiger partial charge in [0.05, 0.1) is 30.4 Å². The van der Waals surface area contributed by atoms with Gasteiger partial charge >= 0.3 is 0 Å². The van der Waals surface area contributed by atoms with E-state index in [2.05, 4.69) is 0 Å². The van der Waals surface area contributed by atoms with E-state index in [-0.39, 0.29) is 17.5 Å². The number of hydrogen-bond donors (Lipinski definition) is 1. The molecule has 4 rings (SSSR count). The van der Waals surface area contributed by atoms with Crippen molar-refractivity contribution in [3.05, 3.63) is 35.6 Å². The zero-order chi connectivity index (χ0) is 14.6. The summed E-state index contributed by atoms with van der Waals surface area (Å²) >= 11 is 0. The summed E-state index contributed by atoms with van der Waals surface area (Å²) < 4.78 is 16.4. The third-order valence-electron chi connectivity index (χ3n) is 4.14. The molecule has 5 heteroatoms. The maximum atomic E-state index is 11.5. The number of methoxy groups -OCH3 is 1. The van der Waals surface area contributed by atoms with Gasteiger partial charge in [-0.25, -0.2) is 0 Å². The number of phenolic OH excluding ortho intramolecular Hbond substituents is 1. The number of carbonyl (C=O) groups excluding carboxylic acids is 1. The third kappa shape index (κ3) is 1.67. The Morgan fingerprint density at radius 1 is 1.43 bits per heavy atom. The maximum absolute atomic E-state index is 11.5. The molecule has 21 heavy (non-hydrogen) atoms. The van der Waals surface area contributed by atoms with Gasteiger partial charge in [-0.05, 0) is 11.6 Å². The molecule has 0 radical (unpaired) electrons. The van der Waals surface area contributed by atoms with Gasteiger partial charge < -0.3 is 19.3 Å². The lowest BCUT2D eigenvalue weighted by molar-refractivity contribution is -0.116. The van der Waals surface area contributed by atoms with Crippen LogP contribution >= 0.6 is 0 Å². The average Bonchev–Trinajstić information content (AvgIpc) is 3.13. The molecule has 108 valence electrons. The molecule has 0 bridgehead atoms. The van der Waals surface area contributed by atoms with Crippen LogP contribution in [-0.4, -0.2) is 24.3 Å². The van der Waals surface area contributed by atoms with Crippen molar-refractivity contribution in [3.8, 4) is 17.2 Å². The number of benzene rings is 1. The van der Waals surface area contributed by atoms with Crippen molar-refractivity contribution in [2.75, 3.05) is 7.11 Å². The van der Waals surface area contributed by atoms with Gasteiger partial charge in [-0.15, -0.1) is 0 Å². The van der Waals surface area contributed by atoms with Gasteiger partial charge in [0.15, 0.2) is 0 Å². The summed E-state index contributed by atoms with van der Waals surface area (Å²) in [5, 5.41) is 10.7. The number of allylic oxidation sites excluding steroid dienone is 2. The van der Waals surface area contributed by atoms with E-state index in [1.165, 1.54) is 7.11 Å². The monoisotopic (exact) mass is 286 g/mol. The van der Waals surface area contributed by atoms with E-state index in [1.807, 2.05) is 12.2 Å². The molecule has 5 nitrogen and oxygen atoms in total. The van der Waals surface area contributed by atoms with Crippen LogP contribution in [-0.2, 0) is 9.53 Å². The number of ketones is 1. The predicted octanol–water partition coefficient (Wildman–Crippen LogP) is 2.49. The summed E-state index contributed by atoms with van der Waals surface area (Å²) in [6.07, 6.45) is 5.59. The largest absolute Gasteiger partial charge is 0.507 e. The van der Waals surface area contributed by atoms with Crippen LogP contribution in [0.5, 0.6) is 17.2 Å². The fraction of sp³-hybridized carbons (Fsp3) is 0.312. The minimum atomic E-state index is -0.426. The highest BCUT2D eigenvalue weighted by Gasteiger charge is 2.41. The van der Waals surface area contributed by atoms with Crippen LogP contribution in [0, 0.1) is 0 Å². The highest BCUT2D eigenvalue weighted by atomic mass is 16.7. The lowest BCUT2D eigenvalue weighted by Crippen LogP contribution is -2.14. The minimum absolute atomic E-state index is 0.118. The second kappa shape index (κ2) is 4.28. The Morgan fingerprint density at radius 2 is 2.29 bits per heavy atom. The van der Waals surface area contributed by atoms with Gasteiger partial charge in [0.25, 0.3) is 6.29 Å². The quantitative estimate of drug-likeness (QED) is 0.905. The Hall–Kier alpha value is -2.43. The molecule has 1 aliphatic carbocycles. The van der Waals surface area contributed by atoms with Gasteiger partial charge in [-0.1, -0.05) is 6.08 Å². The average molecular weight is 286 g/mol. The van der Waals surface area contributed by atoms with E-state index in [0.717, 1.165) is 5.57 Å². The molecule has 3 aliphatic rings. The molecular weight excluding hydrogens is 272 g/mol. The Balaban J connectivity index is 1.89. The Morgan fingerprint density at radius 3 is 3.00 bits per heavy atom. The Labute approximate surface area is 121 Å². The van der Waals surface area contributed by atoms with E-state index in [9.17, 15) is 9.90 Å². The van der Waals surface area contributed by atoms with Crippen molar-refractivity contribution in [1.29, 1.82) is 0 Å². The number of ether oxygens (including phenoxy) is 3. The van der Waals surface area contributed by atoms with E-state index in [0.29, 0.717) is 35.5 Å². The highest BCUT2D eigenvalue weighted by molar-refractivity contribution is 5.99. The van der Waals surface area contributed by atoms with Gasteiger partial charge in [0, 0.05) is 18.9 Å². The summed E-state index contributed by atoms with van der Waals surface area (Å²) in [6.45, 7) is 0. The number of hydrogen-bond acceptors (Lipinski definition) is 5. The first-order valence-electron chi connectivity index (χ1n) is 6.82. The molecule has 0 saturated heterocycles. The number of phenols is 1. The first kappa shape index (κ1) is 12.3. The van der Waals surface area contributed by atoms with E-state index < -0.39 is 6.29 Å². The number of fused-ring (bicyclic) bond motifs is 3. The van der Waals surface area contributed by atoms with E-state index in [1.54, 1.807) is 12.3 Å². The zero-order valence-electron chi connectivity index (χ0n) is 11.5. The lowest BCUT2D eigenvalue weighted by Gasteiger charge is -2.15. The number of rotatable bonds is 2. The van der Waals surface area contributed by atoms with Crippen molar-refractivity contribution in [2.24, 2.45) is 0 Å². The van der Waals surface area contributed by atoms with E-state index in [4.69, 9.17) is 14.2 Å². The van der Waals surface area contributed by atoms with Crippen molar-refractivity contribution >= 4 is 11.4 Å².